The molecule has 1 saturated heterocycles. The van der Waals surface area contributed by atoms with Crippen LogP contribution in [-0.2, 0) is 7.05 Å². The van der Waals surface area contributed by atoms with Crippen LogP contribution >= 0.6 is 0 Å². The number of benzene rings is 2. The molecule has 0 spiro atoms. The summed E-state index contributed by atoms with van der Waals surface area (Å²) in [5.74, 6) is 1.56. The predicted octanol–water partition coefficient (Wildman–Crippen LogP) is 4.21. The van der Waals surface area contributed by atoms with E-state index in [1.807, 2.05) is 54.2 Å². The highest BCUT2D eigenvalue weighted by molar-refractivity contribution is 5.96. The molecule has 2 aromatic carbocycles. The normalized spacial score (nSPS) is 14.3. The zero-order valence-electron chi connectivity index (χ0n) is 16.7. The molecule has 0 atom stereocenters. The molecule has 4 rings (SSSR count). The molecule has 0 radical (unpaired) electrons. The molecule has 0 unspecified atom stereocenters. The molecule has 2 heterocycles. The number of piperidine rings is 1. The van der Waals surface area contributed by atoms with Gasteiger partial charge in [-0.3, -0.25) is 4.79 Å². The van der Waals surface area contributed by atoms with E-state index < -0.39 is 0 Å². The van der Waals surface area contributed by atoms with E-state index in [1.165, 1.54) is 6.42 Å². The second-order valence-electron chi connectivity index (χ2n) is 7.30. The molecule has 1 aliphatic rings. The number of methoxy groups -OCH3 is 2. The SMILES string of the molecule is COc1ccc(-c2cn(C)c3cc(OC)cc(N4CCCCC4)c3c2=O)cc1. The van der Waals surface area contributed by atoms with Gasteiger partial charge in [-0.25, -0.2) is 0 Å². The molecule has 1 aromatic heterocycles. The largest absolute Gasteiger partial charge is 0.497 e. The van der Waals surface area contributed by atoms with Gasteiger partial charge in [0, 0.05) is 44.0 Å². The lowest BCUT2D eigenvalue weighted by molar-refractivity contribution is 0.415. The molecule has 5 nitrogen and oxygen atoms in total. The standard InChI is InChI=1S/C23H26N2O3/c1-24-15-19(16-7-9-17(27-2)10-8-16)23(26)22-20(24)13-18(28-3)14-21(22)25-11-5-4-6-12-25/h7-10,13-15H,4-6,11-12H2,1-3H3. The number of hydrogen-bond acceptors (Lipinski definition) is 4. The summed E-state index contributed by atoms with van der Waals surface area (Å²) < 4.78 is 12.8. The summed E-state index contributed by atoms with van der Waals surface area (Å²) >= 11 is 0. The molecule has 0 aliphatic carbocycles. The molecule has 0 bridgehead atoms. The molecule has 0 saturated carbocycles. The second-order valence-corrected chi connectivity index (χ2v) is 7.30. The lowest BCUT2D eigenvalue weighted by Gasteiger charge is -2.30. The zero-order valence-corrected chi connectivity index (χ0v) is 16.7. The fourth-order valence-corrected chi connectivity index (χ4v) is 4.03. The van der Waals surface area contributed by atoms with Gasteiger partial charge in [-0.05, 0) is 37.0 Å². The lowest BCUT2D eigenvalue weighted by Crippen LogP contribution is -2.30. The Morgan fingerprint density at radius 2 is 1.57 bits per heavy atom. The van der Waals surface area contributed by atoms with Crippen LogP contribution in [0.3, 0.4) is 0 Å². The van der Waals surface area contributed by atoms with Gasteiger partial charge in [0.1, 0.15) is 11.5 Å². The molecular weight excluding hydrogens is 352 g/mol. The highest BCUT2D eigenvalue weighted by Gasteiger charge is 2.20. The number of pyridine rings is 1. The van der Waals surface area contributed by atoms with Crippen molar-refractivity contribution in [1.82, 2.24) is 4.57 Å². The summed E-state index contributed by atoms with van der Waals surface area (Å²) in [6.07, 6.45) is 5.45. The third-order valence-corrected chi connectivity index (χ3v) is 5.58. The maximum atomic E-state index is 13.6. The van der Waals surface area contributed by atoms with Gasteiger partial charge in [-0.1, -0.05) is 12.1 Å². The maximum Gasteiger partial charge on any atom is 0.199 e. The van der Waals surface area contributed by atoms with Crippen LogP contribution in [0.25, 0.3) is 22.0 Å². The maximum absolute atomic E-state index is 13.6. The van der Waals surface area contributed by atoms with Crippen molar-refractivity contribution in [3.63, 3.8) is 0 Å². The van der Waals surface area contributed by atoms with E-state index in [0.717, 1.165) is 59.6 Å². The predicted molar refractivity (Wildman–Crippen MR) is 114 cm³/mol. The first kappa shape index (κ1) is 18.4. The summed E-state index contributed by atoms with van der Waals surface area (Å²) in [4.78, 5) is 15.9. The molecule has 1 fully saturated rings. The Bertz CT molecular complexity index is 1050. The molecule has 1 aliphatic heterocycles. The van der Waals surface area contributed by atoms with E-state index in [2.05, 4.69) is 4.90 Å². The van der Waals surface area contributed by atoms with Crippen LogP contribution in [0, 0.1) is 0 Å². The summed E-state index contributed by atoms with van der Waals surface area (Å²) in [6.45, 7) is 1.94. The van der Waals surface area contributed by atoms with Crippen LogP contribution in [0.4, 0.5) is 5.69 Å². The van der Waals surface area contributed by atoms with Crippen LogP contribution in [0.15, 0.2) is 47.4 Å². The Kier molecular flexibility index (Phi) is 4.99. The van der Waals surface area contributed by atoms with Crippen molar-refractivity contribution in [3.8, 4) is 22.6 Å². The molecule has 28 heavy (non-hydrogen) atoms. The van der Waals surface area contributed by atoms with Gasteiger partial charge >= 0.3 is 0 Å². The van der Waals surface area contributed by atoms with Crippen molar-refractivity contribution in [2.45, 2.75) is 19.3 Å². The number of hydrogen-bond donors (Lipinski definition) is 0. The van der Waals surface area contributed by atoms with Gasteiger partial charge in [0.05, 0.1) is 30.8 Å². The minimum atomic E-state index is 0.0569. The Labute approximate surface area is 165 Å². The van der Waals surface area contributed by atoms with Gasteiger partial charge < -0.3 is 18.9 Å². The minimum absolute atomic E-state index is 0.0569. The fraction of sp³-hybridized carbons (Fsp3) is 0.348. The van der Waals surface area contributed by atoms with E-state index in [9.17, 15) is 4.79 Å². The van der Waals surface area contributed by atoms with Gasteiger partial charge in [-0.2, -0.15) is 0 Å². The summed E-state index contributed by atoms with van der Waals surface area (Å²) in [5, 5.41) is 0.763. The third kappa shape index (κ3) is 3.21. The van der Waals surface area contributed by atoms with Gasteiger partial charge in [0.25, 0.3) is 0 Å². The highest BCUT2D eigenvalue weighted by Crippen LogP contribution is 2.33. The second kappa shape index (κ2) is 7.58. The quantitative estimate of drug-likeness (QED) is 0.682. The fourth-order valence-electron chi connectivity index (χ4n) is 4.03. The van der Waals surface area contributed by atoms with Crippen molar-refractivity contribution in [2.24, 2.45) is 7.05 Å². The Morgan fingerprint density at radius 1 is 0.893 bits per heavy atom. The molecule has 3 aromatic rings. The third-order valence-electron chi connectivity index (χ3n) is 5.58. The number of aromatic nitrogens is 1. The highest BCUT2D eigenvalue weighted by atomic mass is 16.5. The Hall–Kier alpha value is -2.95. The van der Waals surface area contributed by atoms with Crippen LogP contribution in [0.1, 0.15) is 19.3 Å². The molecular formula is C23H26N2O3. The average molecular weight is 378 g/mol. The topological polar surface area (TPSA) is 43.7 Å². The number of rotatable bonds is 4. The number of nitrogens with zero attached hydrogens (tertiary/aromatic N) is 2. The van der Waals surface area contributed by atoms with Crippen molar-refractivity contribution in [1.29, 1.82) is 0 Å². The average Bonchev–Trinajstić information content (AvgIpc) is 2.76. The van der Waals surface area contributed by atoms with Gasteiger partial charge in [0.2, 0.25) is 0 Å². The van der Waals surface area contributed by atoms with Crippen LogP contribution in [0.5, 0.6) is 11.5 Å². The Balaban J connectivity index is 1.96. The molecule has 146 valence electrons. The molecule has 0 amide bonds. The first-order valence-corrected chi connectivity index (χ1v) is 9.73. The zero-order chi connectivity index (χ0) is 19.7. The van der Waals surface area contributed by atoms with Crippen LogP contribution < -0.4 is 19.8 Å². The first-order chi connectivity index (χ1) is 13.6. The number of aryl methyl sites for hydroxylation is 1. The number of ether oxygens (including phenoxy) is 2. The van der Waals surface area contributed by atoms with E-state index >= 15 is 0 Å². The monoisotopic (exact) mass is 378 g/mol. The smallest absolute Gasteiger partial charge is 0.199 e. The summed E-state index contributed by atoms with van der Waals surface area (Å²) in [5.41, 5.74) is 3.51. The van der Waals surface area contributed by atoms with E-state index in [1.54, 1.807) is 14.2 Å². The lowest BCUT2D eigenvalue weighted by atomic mass is 10.0. The van der Waals surface area contributed by atoms with Crippen molar-refractivity contribution in [2.75, 3.05) is 32.2 Å². The van der Waals surface area contributed by atoms with Crippen molar-refractivity contribution >= 4 is 16.6 Å². The van der Waals surface area contributed by atoms with Crippen molar-refractivity contribution in [3.05, 3.63) is 52.8 Å². The molecule has 0 N–H and O–H groups in total. The number of fused-ring (bicyclic) bond motifs is 1. The van der Waals surface area contributed by atoms with Crippen LogP contribution in [0.2, 0.25) is 0 Å². The van der Waals surface area contributed by atoms with Crippen LogP contribution in [-0.4, -0.2) is 31.9 Å². The minimum Gasteiger partial charge on any atom is -0.497 e. The van der Waals surface area contributed by atoms with E-state index in [0.29, 0.717) is 5.56 Å². The summed E-state index contributed by atoms with van der Waals surface area (Å²) in [7, 11) is 5.29. The van der Waals surface area contributed by atoms with Gasteiger partial charge in [0.15, 0.2) is 5.43 Å². The first-order valence-electron chi connectivity index (χ1n) is 9.73. The number of anilines is 1. The van der Waals surface area contributed by atoms with Gasteiger partial charge in [-0.15, -0.1) is 0 Å². The van der Waals surface area contributed by atoms with Crippen molar-refractivity contribution < 1.29 is 9.47 Å². The summed E-state index contributed by atoms with van der Waals surface area (Å²) in [6, 6.07) is 11.6. The van der Waals surface area contributed by atoms with E-state index in [-0.39, 0.29) is 5.43 Å². The Morgan fingerprint density at radius 3 is 2.21 bits per heavy atom. The molecule has 5 heteroatoms. The van der Waals surface area contributed by atoms with E-state index in [4.69, 9.17) is 9.47 Å².